The molecule has 0 atom stereocenters. The molecule has 106 valence electrons. The van der Waals surface area contributed by atoms with Crippen LogP contribution in [0.15, 0.2) is 30.3 Å². The second-order valence-electron chi connectivity index (χ2n) is 5.33. The van der Waals surface area contributed by atoms with Crippen molar-refractivity contribution in [3.05, 3.63) is 35.9 Å². The molecule has 0 aromatic heterocycles. The molecular weight excluding hydrogens is 236 g/mol. The maximum atomic E-state index is 6.13. The highest BCUT2D eigenvalue weighted by Crippen LogP contribution is 2.35. The summed E-state index contributed by atoms with van der Waals surface area (Å²) in [5.41, 5.74) is 1.17. The van der Waals surface area contributed by atoms with E-state index in [1.165, 1.54) is 31.2 Å². The minimum absolute atomic E-state index is 0.495. The third-order valence-corrected chi connectivity index (χ3v) is 3.78. The summed E-state index contributed by atoms with van der Waals surface area (Å²) in [4.78, 5) is 0. The van der Waals surface area contributed by atoms with Crippen molar-refractivity contribution in [3.63, 3.8) is 0 Å². The molecule has 1 fully saturated rings. The van der Waals surface area contributed by atoms with Gasteiger partial charge in [0.2, 0.25) is 0 Å². The molecule has 0 aliphatic carbocycles. The average Bonchev–Trinajstić information content (AvgIpc) is 2.71. The van der Waals surface area contributed by atoms with Gasteiger partial charge >= 0.3 is 0 Å². The molecular formula is C17H26O2. The van der Waals surface area contributed by atoms with Crippen LogP contribution in [-0.2, 0) is 15.3 Å². The van der Waals surface area contributed by atoms with Gasteiger partial charge < -0.3 is 9.47 Å². The van der Waals surface area contributed by atoms with Gasteiger partial charge in [0.25, 0.3) is 0 Å². The number of ether oxygens (including phenoxy) is 2. The molecule has 1 aliphatic rings. The van der Waals surface area contributed by atoms with E-state index in [9.17, 15) is 0 Å². The summed E-state index contributed by atoms with van der Waals surface area (Å²) >= 11 is 0. The molecule has 0 unspecified atom stereocenters. The molecule has 1 saturated heterocycles. The lowest BCUT2D eigenvalue weighted by Crippen LogP contribution is -2.32. The summed E-state index contributed by atoms with van der Waals surface area (Å²) in [7, 11) is 0. The molecule has 1 aromatic carbocycles. The van der Waals surface area contributed by atoms with E-state index in [1.807, 2.05) is 6.07 Å². The maximum absolute atomic E-state index is 6.13. The van der Waals surface area contributed by atoms with E-state index in [0.29, 0.717) is 0 Å². The molecule has 1 heterocycles. The van der Waals surface area contributed by atoms with Crippen LogP contribution < -0.4 is 0 Å². The number of unbranched alkanes of at least 4 members (excludes halogenated alkanes) is 3. The van der Waals surface area contributed by atoms with Crippen molar-refractivity contribution in [2.45, 2.75) is 57.7 Å². The van der Waals surface area contributed by atoms with E-state index >= 15 is 0 Å². The van der Waals surface area contributed by atoms with Gasteiger partial charge in [0.1, 0.15) is 0 Å². The topological polar surface area (TPSA) is 18.5 Å². The van der Waals surface area contributed by atoms with Crippen molar-refractivity contribution in [3.8, 4) is 0 Å². The number of hydrogen-bond donors (Lipinski definition) is 0. The van der Waals surface area contributed by atoms with Crippen molar-refractivity contribution >= 4 is 0 Å². The number of benzene rings is 1. The molecule has 1 aromatic rings. The normalized spacial score (nSPS) is 19.0. The number of hydrogen-bond acceptors (Lipinski definition) is 2. The molecule has 0 spiro atoms. The quantitative estimate of drug-likeness (QED) is 0.695. The summed E-state index contributed by atoms with van der Waals surface area (Å²) in [6.07, 6.45) is 8.16. The predicted molar refractivity (Wildman–Crippen MR) is 78.0 cm³/mol. The summed E-state index contributed by atoms with van der Waals surface area (Å²) in [5, 5.41) is 0. The Morgan fingerprint density at radius 2 is 1.63 bits per heavy atom. The van der Waals surface area contributed by atoms with Crippen molar-refractivity contribution in [1.29, 1.82) is 0 Å². The minimum atomic E-state index is -0.495. The van der Waals surface area contributed by atoms with Crippen LogP contribution >= 0.6 is 0 Å². The van der Waals surface area contributed by atoms with Gasteiger partial charge in [-0.1, -0.05) is 56.5 Å². The minimum Gasteiger partial charge on any atom is -0.346 e. The van der Waals surface area contributed by atoms with Gasteiger partial charge in [0.05, 0.1) is 13.2 Å². The Hall–Kier alpha value is -0.860. The molecule has 0 saturated carbocycles. The lowest BCUT2D eigenvalue weighted by atomic mass is 9.98. The van der Waals surface area contributed by atoms with Crippen LogP contribution in [0.25, 0.3) is 0 Å². The van der Waals surface area contributed by atoms with Gasteiger partial charge in [-0.3, -0.25) is 0 Å². The summed E-state index contributed by atoms with van der Waals surface area (Å²) in [5.74, 6) is -0.495. The van der Waals surface area contributed by atoms with Gasteiger partial charge in [-0.2, -0.15) is 0 Å². The molecule has 19 heavy (non-hydrogen) atoms. The highest BCUT2D eigenvalue weighted by atomic mass is 16.7. The molecule has 2 nitrogen and oxygen atoms in total. The molecule has 1 aliphatic heterocycles. The summed E-state index contributed by atoms with van der Waals surface area (Å²) in [6, 6.07) is 10.4. The Balaban J connectivity index is 2.07. The van der Waals surface area contributed by atoms with Crippen molar-refractivity contribution in [1.82, 2.24) is 0 Å². The van der Waals surface area contributed by atoms with Crippen LogP contribution in [0.3, 0.4) is 0 Å². The molecule has 0 N–H and O–H groups in total. The van der Waals surface area contributed by atoms with Crippen LogP contribution in [0.5, 0.6) is 0 Å². The SMILES string of the molecule is CCCCCCC1(c2ccccc2)OCCCCO1. The fourth-order valence-corrected chi connectivity index (χ4v) is 2.65. The Morgan fingerprint density at radius 1 is 0.947 bits per heavy atom. The molecule has 2 heteroatoms. The zero-order chi connectivity index (χ0) is 13.4. The Bertz CT molecular complexity index is 340. The predicted octanol–water partition coefficient (Wildman–Crippen LogP) is 4.64. The van der Waals surface area contributed by atoms with Crippen molar-refractivity contribution < 1.29 is 9.47 Å². The fraction of sp³-hybridized carbons (Fsp3) is 0.647. The first-order valence-corrected chi connectivity index (χ1v) is 7.71. The largest absolute Gasteiger partial charge is 0.346 e. The van der Waals surface area contributed by atoms with Crippen molar-refractivity contribution in [2.24, 2.45) is 0 Å². The first-order valence-electron chi connectivity index (χ1n) is 7.71. The van der Waals surface area contributed by atoms with Crippen LogP contribution in [-0.4, -0.2) is 13.2 Å². The van der Waals surface area contributed by atoms with Crippen molar-refractivity contribution in [2.75, 3.05) is 13.2 Å². The lowest BCUT2D eigenvalue weighted by molar-refractivity contribution is -0.239. The standard InChI is InChI=1S/C17H26O2/c1-2-3-4-8-13-17(16-11-6-5-7-12-16)18-14-9-10-15-19-17/h5-7,11-12H,2-4,8-10,13-15H2,1H3. The Morgan fingerprint density at radius 3 is 2.26 bits per heavy atom. The molecule has 0 amide bonds. The third kappa shape index (κ3) is 4.05. The summed E-state index contributed by atoms with van der Waals surface area (Å²) in [6.45, 7) is 3.86. The zero-order valence-corrected chi connectivity index (χ0v) is 12.1. The third-order valence-electron chi connectivity index (χ3n) is 3.78. The van der Waals surface area contributed by atoms with E-state index in [4.69, 9.17) is 9.47 Å². The van der Waals surface area contributed by atoms with E-state index in [2.05, 4.69) is 31.2 Å². The highest BCUT2D eigenvalue weighted by Gasteiger charge is 2.34. The van der Waals surface area contributed by atoms with Gasteiger partial charge in [-0.25, -0.2) is 0 Å². The molecule has 0 radical (unpaired) electrons. The smallest absolute Gasteiger partial charge is 0.194 e. The van der Waals surface area contributed by atoms with E-state index in [1.54, 1.807) is 0 Å². The van der Waals surface area contributed by atoms with E-state index < -0.39 is 5.79 Å². The highest BCUT2D eigenvalue weighted by molar-refractivity contribution is 5.20. The van der Waals surface area contributed by atoms with Crippen LogP contribution in [0, 0.1) is 0 Å². The first-order chi connectivity index (χ1) is 9.37. The van der Waals surface area contributed by atoms with Crippen LogP contribution in [0.1, 0.15) is 57.4 Å². The van der Waals surface area contributed by atoms with Gasteiger partial charge in [0, 0.05) is 12.0 Å². The average molecular weight is 262 g/mol. The van der Waals surface area contributed by atoms with E-state index in [0.717, 1.165) is 32.5 Å². The maximum Gasteiger partial charge on any atom is 0.194 e. The second kappa shape index (κ2) is 7.66. The van der Waals surface area contributed by atoms with E-state index in [-0.39, 0.29) is 0 Å². The Labute approximate surface area is 117 Å². The van der Waals surface area contributed by atoms with Gasteiger partial charge in [0.15, 0.2) is 5.79 Å². The number of rotatable bonds is 6. The van der Waals surface area contributed by atoms with Crippen LogP contribution in [0.2, 0.25) is 0 Å². The molecule has 0 bridgehead atoms. The first kappa shape index (κ1) is 14.5. The lowest BCUT2D eigenvalue weighted by Gasteiger charge is -2.33. The fourth-order valence-electron chi connectivity index (χ4n) is 2.65. The van der Waals surface area contributed by atoms with Gasteiger partial charge in [-0.15, -0.1) is 0 Å². The van der Waals surface area contributed by atoms with Crippen LogP contribution in [0.4, 0.5) is 0 Å². The zero-order valence-electron chi connectivity index (χ0n) is 12.1. The Kier molecular flexibility index (Phi) is 5.87. The summed E-state index contributed by atoms with van der Waals surface area (Å²) < 4.78 is 12.3. The monoisotopic (exact) mass is 262 g/mol. The molecule has 2 rings (SSSR count). The second-order valence-corrected chi connectivity index (χ2v) is 5.33. The van der Waals surface area contributed by atoms with Gasteiger partial charge in [-0.05, 0) is 19.3 Å².